The van der Waals surface area contributed by atoms with Crippen LogP contribution in [0.3, 0.4) is 0 Å². The van der Waals surface area contributed by atoms with Crippen LogP contribution in [0.15, 0.2) is 91.0 Å². The first-order chi connectivity index (χ1) is 19.5. The molecule has 8 nitrogen and oxygen atoms in total. The molecule has 0 bridgehead atoms. The lowest BCUT2D eigenvalue weighted by molar-refractivity contribution is -0.118. The van der Waals surface area contributed by atoms with Gasteiger partial charge in [-0.2, -0.15) is 0 Å². The molecule has 204 valence electrons. The number of esters is 1. The second kappa shape index (κ2) is 12.3. The Kier molecular flexibility index (Phi) is 8.25. The van der Waals surface area contributed by atoms with E-state index in [0.29, 0.717) is 48.7 Å². The number of carbonyl (C=O) groups excluding carboxylic acids is 3. The van der Waals surface area contributed by atoms with Gasteiger partial charge in [-0.05, 0) is 48.7 Å². The molecule has 1 aliphatic heterocycles. The molecule has 0 aromatic heterocycles. The van der Waals surface area contributed by atoms with Crippen molar-refractivity contribution in [3.63, 3.8) is 0 Å². The zero-order valence-electron chi connectivity index (χ0n) is 22.3. The van der Waals surface area contributed by atoms with Gasteiger partial charge in [0.15, 0.2) is 6.61 Å². The molecule has 1 fully saturated rings. The SMILES string of the molecule is CCOC(=O)c1ccc(N2CCN(C(=O)c3ccccc3)CC2)c(NC(=O)COc2cccc3ccccc23)c1. The summed E-state index contributed by atoms with van der Waals surface area (Å²) in [6.07, 6.45) is 0. The Morgan fingerprint density at radius 3 is 2.30 bits per heavy atom. The van der Waals surface area contributed by atoms with Crippen LogP contribution >= 0.6 is 0 Å². The first-order valence-electron chi connectivity index (χ1n) is 13.3. The van der Waals surface area contributed by atoms with Crippen LogP contribution in [0.4, 0.5) is 11.4 Å². The minimum absolute atomic E-state index is 0.00276. The first kappa shape index (κ1) is 26.7. The summed E-state index contributed by atoms with van der Waals surface area (Å²) in [4.78, 5) is 42.3. The van der Waals surface area contributed by atoms with E-state index in [1.54, 1.807) is 19.1 Å². The number of benzene rings is 4. The number of hydrogen-bond acceptors (Lipinski definition) is 6. The van der Waals surface area contributed by atoms with Crippen LogP contribution in [-0.4, -0.2) is 62.1 Å². The van der Waals surface area contributed by atoms with Crippen molar-refractivity contribution < 1.29 is 23.9 Å². The number of carbonyl (C=O) groups is 3. The molecule has 1 aliphatic rings. The van der Waals surface area contributed by atoms with Crippen molar-refractivity contribution in [1.82, 2.24) is 4.90 Å². The highest BCUT2D eigenvalue weighted by Gasteiger charge is 2.25. The molecular formula is C32H31N3O5. The van der Waals surface area contributed by atoms with Crippen LogP contribution in [0.25, 0.3) is 10.8 Å². The molecule has 0 aliphatic carbocycles. The topological polar surface area (TPSA) is 88.2 Å². The Bertz CT molecular complexity index is 1510. The van der Waals surface area contributed by atoms with Gasteiger partial charge in [-0.1, -0.05) is 54.6 Å². The minimum atomic E-state index is -0.463. The Balaban J connectivity index is 1.30. The molecule has 0 saturated carbocycles. The molecule has 0 unspecified atom stereocenters. The van der Waals surface area contributed by atoms with E-state index in [1.165, 1.54) is 0 Å². The van der Waals surface area contributed by atoms with Crippen LogP contribution in [0.1, 0.15) is 27.6 Å². The van der Waals surface area contributed by atoms with Crippen LogP contribution in [0.2, 0.25) is 0 Å². The lowest BCUT2D eigenvalue weighted by Gasteiger charge is -2.37. The van der Waals surface area contributed by atoms with Crippen LogP contribution in [0, 0.1) is 0 Å². The van der Waals surface area contributed by atoms with Crippen molar-refractivity contribution in [3.05, 3.63) is 102 Å². The molecule has 2 amide bonds. The van der Waals surface area contributed by atoms with Crippen molar-refractivity contribution in [1.29, 1.82) is 0 Å². The highest BCUT2D eigenvalue weighted by atomic mass is 16.5. The smallest absolute Gasteiger partial charge is 0.338 e. The fourth-order valence-corrected chi connectivity index (χ4v) is 4.82. The standard InChI is InChI=1S/C32H31N3O5/c1-2-39-32(38)25-15-16-28(34-17-19-35(20-18-34)31(37)24-10-4-3-5-11-24)27(21-25)33-30(36)22-40-29-14-8-12-23-9-6-7-13-26(23)29/h3-16,21H,2,17-20,22H2,1H3,(H,33,36). The molecule has 0 spiro atoms. The molecule has 1 heterocycles. The fourth-order valence-electron chi connectivity index (χ4n) is 4.82. The number of nitrogens with zero attached hydrogens (tertiary/aromatic N) is 2. The number of nitrogens with one attached hydrogen (secondary N) is 1. The second-order valence-electron chi connectivity index (χ2n) is 9.41. The van der Waals surface area contributed by atoms with Crippen LogP contribution in [-0.2, 0) is 9.53 Å². The molecule has 40 heavy (non-hydrogen) atoms. The summed E-state index contributed by atoms with van der Waals surface area (Å²) in [5, 5.41) is 4.87. The lowest BCUT2D eigenvalue weighted by Crippen LogP contribution is -2.49. The van der Waals surface area contributed by atoms with Gasteiger partial charge in [-0.25, -0.2) is 4.79 Å². The Labute approximate surface area is 233 Å². The van der Waals surface area contributed by atoms with Crippen molar-refractivity contribution in [3.8, 4) is 5.75 Å². The van der Waals surface area contributed by atoms with E-state index in [9.17, 15) is 14.4 Å². The van der Waals surface area contributed by atoms with Crippen molar-refractivity contribution >= 4 is 39.9 Å². The third kappa shape index (κ3) is 6.07. The predicted octanol–water partition coefficient (Wildman–Crippen LogP) is 5.00. The highest BCUT2D eigenvalue weighted by molar-refractivity contribution is 5.99. The molecular weight excluding hydrogens is 506 g/mol. The van der Waals surface area contributed by atoms with E-state index in [0.717, 1.165) is 16.5 Å². The van der Waals surface area contributed by atoms with Crippen LogP contribution in [0.5, 0.6) is 5.75 Å². The average Bonchev–Trinajstić information content (AvgIpc) is 3.00. The third-order valence-corrected chi connectivity index (χ3v) is 6.82. The number of piperazine rings is 1. The Hall–Kier alpha value is -4.85. The van der Waals surface area contributed by atoms with Gasteiger partial charge in [0.05, 0.1) is 23.5 Å². The molecule has 0 atom stereocenters. The Morgan fingerprint density at radius 2 is 1.52 bits per heavy atom. The summed E-state index contributed by atoms with van der Waals surface area (Å²) in [6.45, 7) is 4.01. The quantitative estimate of drug-likeness (QED) is 0.319. The summed E-state index contributed by atoms with van der Waals surface area (Å²) < 4.78 is 11.0. The number of anilines is 2. The van der Waals surface area contributed by atoms with E-state index in [4.69, 9.17) is 9.47 Å². The minimum Gasteiger partial charge on any atom is -0.483 e. The molecule has 8 heteroatoms. The summed E-state index contributed by atoms with van der Waals surface area (Å²) >= 11 is 0. The van der Waals surface area contributed by atoms with Gasteiger partial charge in [-0.3, -0.25) is 9.59 Å². The van der Waals surface area contributed by atoms with E-state index in [2.05, 4.69) is 10.2 Å². The molecule has 1 saturated heterocycles. The van der Waals surface area contributed by atoms with E-state index < -0.39 is 5.97 Å². The summed E-state index contributed by atoms with van der Waals surface area (Å²) in [6, 6.07) is 27.9. The largest absolute Gasteiger partial charge is 0.483 e. The number of hydrogen-bond donors (Lipinski definition) is 1. The summed E-state index contributed by atoms with van der Waals surface area (Å²) in [5.41, 5.74) is 2.25. The van der Waals surface area contributed by atoms with Gasteiger partial charge in [-0.15, -0.1) is 0 Å². The van der Waals surface area contributed by atoms with Gasteiger partial charge < -0.3 is 24.6 Å². The average molecular weight is 538 g/mol. The van der Waals surface area contributed by atoms with Crippen molar-refractivity contribution in [2.24, 2.45) is 0 Å². The molecule has 4 aromatic rings. The third-order valence-electron chi connectivity index (χ3n) is 6.82. The monoisotopic (exact) mass is 537 g/mol. The second-order valence-corrected chi connectivity index (χ2v) is 9.41. The number of rotatable bonds is 8. The maximum Gasteiger partial charge on any atom is 0.338 e. The fraction of sp³-hybridized carbons (Fsp3) is 0.219. The van der Waals surface area contributed by atoms with E-state index in [-0.39, 0.29) is 25.0 Å². The highest BCUT2D eigenvalue weighted by Crippen LogP contribution is 2.30. The lowest BCUT2D eigenvalue weighted by atomic mass is 10.1. The molecule has 4 aromatic carbocycles. The number of amides is 2. The van der Waals surface area contributed by atoms with E-state index >= 15 is 0 Å². The summed E-state index contributed by atoms with van der Waals surface area (Å²) in [5.74, 6) is -0.201. The van der Waals surface area contributed by atoms with Gasteiger partial charge in [0.2, 0.25) is 0 Å². The molecule has 0 radical (unpaired) electrons. The Morgan fingerprint density at radius 1 is 0.800 bits per heavy atom. The van der Waals surface area contributed by atoms with Crippen molar-refractivity contribution in [2.75, 3.05) is 49.6 Å². The molecule has 1 N–H and O–H groups in total. The zero-order valence-corrected chi connectivity index (χ0v) is 22.3. The predicted molar refractivity (Wildman–Crippen MR) is 155 cm³/mol. The number of fused-ring (bicyclic) bond motifs is 1. The first-order valence-corrected chi connectivity index (χ1v) is 13.3. The van der Waals surface area contributed by atoms with Gasteiger partial charge in [0.1, 0.15) is 5.75 Å². The summed E-state index contributed by atoms with van der Waals surface area (Å²) in [7, 11) is 0. The maximum absolute atomic E-state index is 13.0. The molecule has 5 rings (SSSR count). The normalized spacial score (nSPS) is 13.1. The van der Waals surface area contributed by atoms with Crippen molar-refractivity contribution in [2.45, 2.75) is 6.92 Å². The van der Waals surface area contributed by atoms with Gasteiger partial charge in [0, 0.05) is 37.1 Å². The van der Waals surface area contributed by atoms with Gasteiger partial charge in [0.25, 0.3) is 11.8 Å². The maximum atomic E-state index is 13.0. The zero-order chi connectivity index (χ0) is 27.9. The number of ether oxygens (including phenoxy) is 2. The van der Waals surface area contributed by atoms with Gasteiger partial charge >= 0.3 is 5.97 Å². The van der Waals surface area contributed by atoms with E-state index in [1.807, 2.05) is 83.8 Å². The van der Waals surface area contributed by atoms with Crippen LogP contribution < -0.4 is 15.0 Å².